The number of aromatic nitrogens is 2. The maximum Gasteiger partial charge on any atom is 0 e. The first kappa shape index (κ1) is 31.7. The number of fused-ring (bicyclic) bond motifs is 3. The van der Waals surface area contributed by atoms with Crippen LogP contribution in [0, 0.1) is 23.9 Å². The Bertz CT molecular complexity index is 1810. The molecule has 0 aliphatic heterocycles. The molecule has 1 saturated carbocycles. The Morgan fingerprint density at radius 2 is 1.70 bits per heavy atom. The minimum atomic E-state index is -1.72. The fourth-order valence-corrected chi connectivity index (χ4v) is 8.97. The van der Waals surface area contributed by atoms with Crippen molar-refractivity contribution in [3.63, 3.8) is 0 Å². The summed E-state index contributed by atoms with van der Waals surface area (Å²) in [6, 6.07) is 32.4. The third-order valence-electron chi connectivity index (χ3n) is 8.09. The number of nitrogens with zero attached hydrogens (tertiary/aromatic N) is 2. The molecule has 43 heavy (non-hydrogen) atoms. The summed E-state index contributed by atoms with van der Waals surface area (Å²) >= 11 is -0.103. The van der Waals surface area contributed by atoms with Crippen molar-refractivity contribution in [2.75, 3.05) is 0 Å². The van der Waals surface area contributed by atoms with Crippen LogP contribution in [0.3, 0.4) is 0 Å². The van der Waals surface area contributed by atoms with E-state index >= 15 is 0 Å². The van der Waals surface area contributed by atoms with Crippen molar-refractivity contribution < 1.29 is 24.5 Å². The van der Waals surface area contributed by atoms with Crippen molar-refractivity contribution in [1.82, 2.24) is 9.97 Å². The predicted molar refractivity (Wildman–Crippen MR) is 179 cm³/mol. The van der Waals surface area contributed by atoms with Gasteiger partial charge in [0.2, 0.25) is 0 Å². The van der Waals surface area contributed by atoms with Crippen LogP contribution in [0.2, 0.25) is 17.3 Å². The van der Waals surface area contributed by atoms with Crippen LogP contribution in [0.4, 0.5) is 4.39 Å². The number of rotatable bonds is 5. The van der Waals surface area contributed by atoms with Gasteiger partial charge in [-0.1, -0.05) is 48.8 Å². The number of hydrogen-bond donors (Lipinski definition) is 0. The van der Waals surface area contributed by atoms with Gasteiger partial charge in [0, 0.05) is 36.4 Å². The van der Waals surface area contributed by atoms with Crippen LogP contribution in [0.25, 0.3) is 42.7 Å². The van der Waals surface area contributed by atoms with Crippen molar-refractivity contribution in [3.05, 3.63) is 115 Å². The molecule has 1 aliphatic carbocycles. The van der Waals surface area contributed by atoms with Crippen molar-refractivity contribution in [1.29, 1.82) is 0 Å². The van der Waals surface area contributed by atoms with Gasteiger partial charge in [-0.05, 0) is 40.9 Å². The second-order valence-corrected chi connectivity index (χ2v) is 23.9. The molecular weight excluding hydrogens is 788 g/mol. The van der Waals surface area contributed by atoms with E-state index in [4.69, 9.17) is 0 Å². The Labute approximate surface area is 274 Å². The van der Waals surface area contributed by atoms with Gasteiger partial charge in [0.25, 0.3) is 0 Å². The Hall–Kier alpha value is -2.70. The first-order valence-electron chi connectivity index (χ1n) is 14.8. The van der Waals surface area contributed by atoms with E-state index in [9.17, 15) is 4.39 Å². The predicted octanol–water partition coefficient (Wildman–Crippen LogP) is 9.88. The molecule has 0 N–H and O–H groups in total. The normalized spacial score (nSPS) is 13.5. The van der Waals surface area contributed by atoms with Gasteiger partial charge in [0.15, 0.2) is 0 Å². The van der Waals surface area contributed by atoms with Crippen molar-refractivity contribution in [2.45, 2.75) is 49.4 Å². The molecule has 6 aromatic rings. The quantitative estimate of drug-likeness (QED) is 0.128. The monoisotopic (exact) mass is 825 g/mol. The third kappa shape index (κ3) is 7.52. The molecule has 7 rings (SSSR count). The van der Waals surface area contributed by atoms with Gasteiger partial charge in [-0.2, -0.15) is 11.3 Å². The zero-order valence-corrected chi connectivity index (χ0v) is 30.1. The standard InChI is InChI=1S/C23H19FNS.C14H16GeN.Ir/c24-19-6-3-7-22-23(19)18-14-17(8-9-21(18)26-22)20-13-16(10-11-25-20)12-15-4-1-2-5-15;1-15(2,3)13-9-10-14(16-11-13)12-7-5-4-6-8-12;/h3,6-7,9-11,13-15H,1-2,4-5,12H2;4-7,9-11H,1-3H3;/q2*-1;. The summed E-state index contributed by atoms with van der Waals surface area (Å²) in [6.45, 7) is 0. The van der Waals surface area contributed by atoms with Gasteiger partial charge in [-0.3, -0.25) is 0 Å². The number of halogens is 1. The molecule has 2 nitrogen and oxygen atoms in total. The summed E-state index contributed by atoms with van der Waals surface area (Å²) in [5, 5.41) is 1.67. The molecule has 0 bridgehead atoms. The summed E-state index contributed by atoms with van der Waals surface area (Å²) in [5.74, 6) is 7.79. The van der Waals surface area contributed by atoms with Gasteiger partial charge < -0.3 is 4.98 Å². The molecule has 1 aliphatic rings. The molecule has 221 valence electrons. The van der Waals surface area contributed by atoms with Gasteiger partial charge >= 0.3 is 99.8 Å². The number of benzene rings is 3. The maximum absolute atomic E-state index is 14.4. The van der Waals surface area contributed by atoms with E-state index in [1.807, 2.05) is 54.9 Å². The molecule has 0 spiro atoms. The minimum absolute atomic E-state index is 0. The second kappa shape index (κ2) is 13.9. The van der Waals surface area contributed by atoms with Crippen LogP contribution < -0.4 is 4.40 Å². The van der Waals surface area contributed by atoms with E-state index < -0.39 is 13.3 Å². The molecule has 0 saturated heterocycles. The molecular formula is C37H35FGeIrN2S-2. The molecule has 3 aromatic carbocycles. The molecule has 1 fully saturated rings. The van der Waals surface area contributed by atoms with Gasteiger partial charge in [-0.25, -0.2) is 4.39 Å². The third-order valence-corrected chi connectivity index (χ3v) is 13.5. The molecule has 0 amide bonds. The van der Waals surface area contributed by atoms with Crippen molar-refractivity contribution in [3.8, 4) is 22.5 Å². The van der Waals surface area contributed by atoms with E-state index in [1.54, 1.807) is 17.4 Å². The number of thiophene rings is 1. The minimum Gasteiger partial charge on any atom is 0 e. The maximum atomic E-state index is 14.4. The van der Waals surface area contributed by atoms with Gasteiger partial charge in [0.05, 0.1) is 0 Å². The largest absolute Gasteiger partial charge is 0 e. The number of pyridine rings is 2. The topological polar surface area (TPSA) is 25.8 Å². The van der Waals surface area contributed by atoms with E-state index in [1.165, 1.54) is 41.7 Å². The van der Waals surface area contributed by atoms with Gasteiger partial charge in [-0.15, -0.1) is 23.8 Å². The molecule has 1 radical (unpaired) electrons. The zero-order valence-electron chi connectivity index (χ0n) is 24.8. The van der Waals surface area contributed by atoms with Gasteiger partial charge in [0.1, 0.15) is 5.82 Å². The fraction of sp³-hybridized carbons (Fsp3) is 0.243. The van der Waals surface area contributed by atoms with Crippen LogP contribution in [0.1, 0.15) is 31.2 Å². The summed E-state index contributed by atoms with van der Waals surface area (Å²) < 4.78 is 17.8. The Morgan fingerprint density at radius 3 is 2.42 bits per heavy atom. The first-order valence-corrected chi connectivity index (χ1v) is 22.9. The summed E-state index contributed by atoms with van der Waals surface area (Å²) in [7, 11) is 0. The second-order valence-electron chi connectivity index (χ2n) is 12.2. The van der Waals surface area contributed by atoms with E-state index in [0.717, 1.165) is 49.6 Å². The molecule has 6 heteroatoms. The average molecular weight is 824 g/mol. The van der Waals surface area contributed by atoms with E-state index in [2.05, 4.69) is 63.6 Å². The Balaban J connectivity index is 0.000000188. The molecule has 0 unspecified atom stereocenters. The molecule has 0 atom stereocenters. The van der Waals surface area contributed by atoms with Crippen LogP contribution in [0.5, 0.6) is 0 Å². The van der Waals surface area contributed by atoms with Crippen LogP contribution in [-0.2, 0) is 26.5 Å². The van der Waals surface area contributed by atoms with Crippen LogP contribution in [0.15, 0.2) is 91.3 Å². The SMILES string of the molecule is Fc1cccc2sc3c[c-]c(-c4cc(CC5CCCC5)ccn4)cc3c12.[CH3][Ge]([CH3])([CH3])[c]1ccc(-c2[c-]cccc2)nc1.[Ir]. The smallest absolute Gasteiger partial charge is 0 e. The van der Waals surface area contributed by atoms with Crippen molar-refractivity contribution in [2.24, 2.45) is 5.92 Å². The Morgan fingerprint density at radius 1 is 0.860 bits per heavy atom. The summed E-state index contributed by atoms with van der Waals surface area (Å²) in [6.07, 6.45) is 10.5. The first-order chi connectivity index (χ1) is 20.3. The van der Waals surface area contributed by atoms with E-state index in [0.29, 0.717) is 5.39 Å². The summed E-state index contributed by atoms with van der Waals surface area (Å²) in [5.41, 5.74) is 5.29. The van der Waals surface area contributed by atoms with Crippen LogP contribution >= 0.6 is 11.3 Å². The van der Waals surface area contributed by atoms with Crippen LogP contribution in [-0.4, -0.2) is 23.2 Å². The zero-order chi connectivity index (χ0) is 29.1. The van der Waals surface area contributed by atoms with E-state index in [-0.39, 0.29) is 25.9 Å². The average Bonchev–Trinajstić information content (AvgIpc) is 3.65. The Kier molecular flexibility index (Phi) is 10.3. The molecule has 3 aromatic heterocycles. The van der Waals surface area contributed by atoms with Crippen molar-refractivity contribution >= 4 is 49.2 Å². The number of hydrogen-bond acceptors (Lipinski definition) is 3. The molecule has 3 heterocycles. The fourth-order valence-electron chi connectivity index (χ4n) is 5.72. The summed E-state index contributed by atoms with van der Waals surface area (Å²) in [4.78, 5) is 9.09.